The van der Waals surface area contributed by atoms with Crippen LogP contribution in [-0.2, 0) is 24.1 Å². The molecule has 0 radical (unpaired) electrons. The third-order valence-corrected chi connectivity index (χ3v) is 4.86. The molecule has 1 amide bonds. The van der Waals surface area contributed by atoms with Crippen LogP contribution in [0.25, 0.3) is 0 Å². The lowest BCUT2D eigenvalue weighted by Gasteiger charge is -2.15. The highest BCUT2D eigenvalue weighted by Crippen LogP contribution is 2.35. The fraction of sp³-hybridized carbons (Fsp3) is 0.450. The summed E-state index contributed by atoms with van der Waals surface area (Å²) < 4.78 is 16.3. The van der Waals surface area contributed by atoms with Gasteiger partial charge in [0.25, 0.3) is 5.91 Å². The van der Waals surface area contributed by atoms with Crippen molar-refractivity contribution in [3.05, 3.63) is 41.0 Å². The van der Waals surface area contributed by atoms with E-state index in [9.17, 15) is 4.79 Å². The van der Waals surface area contributed by atoms with Gasteiger partial charge in [-0.05, 0) is 50.8 Å². The first-order chi connectivity index (χ1) is 13.1. The van der Waals surface area contributed by atoms with Gasteiger partial charge in [0, 0.05) is 30.4 Å². The summed E-state index contributed by atoms with van der Waals surface area (Å²) in [5, 5.41) is 2.89. The van der Waals surface area contributed by atoms with Crippen LogP contribution in [0.1, 0.15) is 36.1 Å². The number of hydrogen-bond acceptors (Lipinski definition) is 6. The number of rotatable bonds is 6. The molecule has 7 heteroatoms. The van der Waals surface area contributed by atoms with Gasteiger partial charge in [0.05, 0.1) is 0 Å². The number of ether oxygens (including phenoxy) is 3. The number of nitrogens with zero attached hydrogens (tertiary/aromatic N) is 2. The molecule has 142 valence electrons. The van der Waals surface area contributed by atoms with Crippen molar-refractivity contribution in [2.45, 2.75) is 45.6 Å². The van der Waals surface area contributed by atoms with Gasteiger partial charge < -0.3 is 19.5 Å². The highest BCUT2D eigenvalue weighted by Gasteiger charge is 2.19. The van der Waals surface area contributed by atoms with Crippen molar-refractivity contribution < 1.29 is 19.0 Å². The van der Waals surface area contributed by atoms with Gasteiger partial charge in [0.15, 0.2) is 17.6 Å². The van der Waals surface area contributed by atoms with E-state index in [0.717, 1.165) is 30.8 Å². The predicted octanol–water partition coefficient (Wildman–Crippen LogP) is 2.13. The summed E-state index contributed by atoms with van der Waals surface area (Å²) in [6.07, 6.45) is 3.25. The summed E-state index contributed by atoms with van der Waals surface area (Å²) in [6, 6.07) is 5.27. The summed E-state index contributed by atoms with van der Waals surface area (Å²) in [6.45, 7) is 4.44. The molecule has 0 saturated carbocycles. The van der Waals surface area contributed by atoms with Gasteiger partial charge in [0.1, 0.15) is 11.6 Å². The van der Waals surface area contributed by atoms with Gasteiger partial charge in [-0.3, -0.25) is 4.79 Å². The molecule has 1 aromatic carbocycles. The van der Waals surface area contributed by atoms with Gasteiger partial charge in [-0.15, -0.1) is 0 Å². The molecule has 1 aliphatic heterocycles. The summed E-state index contributed by atoms with van der Waals surface area (Å²) in [5.41, 5.74) is 3.54. The van der Waals surface area contributed by atoms with Crippen molar-refractivity contribution in [3.8, 4) is 17.2 Å². The monoisotopic (exact) mass is 369 g/mol. The van der Waals surface area contributed by atoms with Gasteiger partial charge in [-0.25, -0.2) is 9.97 Å². The minimum absolute atomic E-state index is 0.175. The average Bonchev–Trinajstić information content (AvgIpc) is 3.30. The fourth-order valence-electron chi connectivity index (χ4n) is 3.44. The van der Waals surface area contributed by atoms with Gasteiger partial charge in [-0.2, -0.15) is 0 Å². The number of aryl methyl sites for hydroxylation is 2. The second kappa shape index (κ2) is 7.42. The molecule has 2 aromatic rings. The zero-order valence-electron chi connectivity index (χ0n) is 15.6. The molecule has 0 saturated heterocycles. The zero-order chi connectivity index (χ0) is 18.8. The van der Waals surface area contributed by atoms with Crippen LogP contribution in [0.5, 0.6) is 17.2 Å². The van der Waals surface area contributed by atoms with Crippen LogP contribution in [0.2, 0.25) is 0 Å². The van der Waals surface area contributed by atoms with Gasteiger partial charge in [-0.1, -0.05) is 0 Å². The molecule has 0 bridgehead atoms. The Kier molecular flexibility index (Phi) is 4.83. The van der Waals surface area contributed by atoms with Gasteiger partial charge in [0.2, 0.25) is 6.79 Å². The molecular formula is C20H23N3O4. The SMILES string of the molecule is Cc1nc(CCNC(=O)[C@@H](C)Oc2ccc3c(c2)OCO3)nc2c1CCC2. The Labute approximate surface area is 158 Å². The third kappa shape index (κ3) is 3.82. The van der Waals surface area contributed by atoms with Crippen LogP contribution in [0.15, 0.2) is 18.2 Å². The van der Waals surface area contributed by atoms with E-state index < -0.39 is 6.10 Å². The molecule has 0 unspecified atom stereocenters. The van der Waals surface area contributed by atoms with Crippen molar-refractivity contribution in [3.63, 3.8) is 0 Å². The number of amides is 1. The molecule has 0 fully saturated rings. The first-order valence-corrected chi connectivity index (χ1v) is 9.29. The molecule has 2 heterocycles. The zero-order valence-corrected chi connectivity index (χ0v) is 15.6. The number of carbonyl (C=O) groups excluding carboxylic acids is 1. The minimum atomic E-state index is -0.618. The Bertz CT molecular complexity index is 869. The lowest BCUT2D eigenvalue weighted by Crippen LogP contribution is -2.37. The molecule has 2 aliphatic rings. The van der Waals surface area contributed by atoms with E-state index >= 15 is 0 Å². The van der Waals surface area contributed by atoms with Crippen molar-refractivity contribution >= 4 is 5.91 Å². The maximum absolute atomic E-state index is 12.3. The molecule has 1 aliphatic carbocycles. The number of nitrogens with one attached hydrogen (secondary N) is 1. The highest BCUT2D eigenvalue weighted by molar-refractivity contribution is 5.80. The van der Waals surface area contributed by atoms with E-state index in [1.807, 2.05) is 6.92 Å². The van der Waals surface area contributed by atoms with E-state index in [4.69, 9.17) is 14.2 Å². The molecule has 0 spiro atoms. The summed E-state index contributed by atoms with van der Waals surface area (Å²) in [4.78, 5) is 21.5. The average molecular weight is 369 g/mol. The van der Waals surface area contributed by atoms with Crippen molar-refractivity contribution in [2.24, 2.45) is 0 Å². The maximum atomic E-state index is 12.3. The second-order valence-corrected chi connectivity index (χ2v) is 6.82. The van der Waals surface area contributed by atoms with Gasteiger partial charge >= 0.3 is 0 Å². The second-order valence-electron chi connectivity index (χ2n) is 6.82. The summed E-state index contributed by atoms with van der Waals surface area (Å²) in [7, 11) is 0. The molecule has 27 heavy (non-hydrogen) atoms. The number of fused-ring (bicyclic) bond motifs is 2. The normalized spacial score (nSPS) is 15.3. The summed E-state index contributed by atoms with van der Waals surface area (Å²) >= 11 is 0. The fourth-order valence-corrected chi connectivity index (χ4v) is 3.44. The van der Waals surface area contributed by atoms with Crippen molar-refractivity contribution in [2.75, 3.05) is 13.3 Å². The standard InChI is InChI=1S/C20H23N3O4/c1-12-15-4-3-5-16(15)23-19(22-12)8-9-21-20(24)13(2)27-14-6-7-17-18(10-14)26-11-25-17/h6-7,10,13H,3-5,8-9,11H2,1-2H3,(H,21,24)/t13-/m1/s1. The smallest absolute Gasteiger partial charge is 0.260 e. The van der Waals surface area contributed by atoms with Crippen LogP contribution >= 0.6 is 0 Å². The Morgan fingerprint density at radius 2 is 2.11 bits per heavy atom. The molecular weight excluding hydrogens is 346 g/mol. The first kappa shape index (κ1) is 17.6. The quantitative estimate of drug-likeness (QED) is 0.840. The number of carbonyl (C=O) groups is 1. The highest BCUT2D eigenvalue weighted by atomic mass is 16.7. The Morgan fingerprint density at radius 1 is 1.26 bits per heavy atom. The molecule has 7 nitrogen and oxygen atoms in total. The van der Waals surface area contributed by atoms with Crippen LogP contribution in [0.3, 0.4) is 0 Å². The first-order valence-electron chi connectivity index (χ1n) is 9.29. The van der Waals surface area contributed by atoms with Crippen LogP contribution in [0, 0.1) is 6.92 Å². The Hall–Kier alpha value is -2.83. The Morgan fingerprint density at radius 3 is 3.00 bits per heavy atom. The van der Waals surface area contributed by atoms with E-state index in [-0.39, 0.29) is 12.7 Å². The topological polar surface area (TPSA) is 82.6 Å². The van der Waals surface area contributed by atoms with Crippen LogP contribution in [0.4, 0.5) is 0 Å². The number of benzene rings is 1. The molecule has 1 aromatic heterocycles. The van der Waals surface area contributed by atoms with Crippen molar-refractivity contribution in [1.29, 1.82) is 0 Å². The number of hydrogen-bond donors (Lipinski definition) is 1. The van der Waals surface area contributed by atoms with E-state index in [2.05, 4.69) is 15.3 Å². The van der Waals surface area contributed by atoms with Crippen LogP contribution in [-0.4, -0.2) is 35.3 Å². The molecule has 4 rings (SSSR count). The lowest BCUT2D eigenvalue weighted by atomic mass is 10.2. The predicted molar refractivity (Wildman–Crippen MR) is 98.2 cm³/mol. The largest absolute Gasteiger partial charge is 0.481 e. The van der Waals surface area contributed by atoms with E-state index in [1.54, 1.807) is 25.1 Å². The maximum Gasteiger partial charge on any atom is 0.260 e. The van der Waals surface area contributed by atoms with E-state index in [0.29, 0.717) is 30.2 Å². The Balaban J connectivity index is 1.28. The molecule has 1 atom stereocenters. The number of aromatic nitrogens is 2. The summed E-state index contributed by atoms with van der Waals surface area (Å²) in [5.74, 6) is 2.50. The third-order valence-electron chi connectivity index (χ3n) is 4.86. The van der Waals surface area contributed by atoms with Crippen LogP contribution < -0.4 is 19.5 Å². The van der Waals surface area contributed by atoms with E-state index in [1.165, 1.54) is 11.3 Å². The molecule has 1 N–H and O–H groups in total. The lowest BCUT2D eigenvalue weighted by molar-refractivity contribution is -0.127. The minimum Gasteiger partial charge on any atom is -0.481 e. The van der Waals surface area contributed by atoms with Crippen molar-refractivity contribution in [1.82, 2.24) is 15.3 Å².